The molecule has 0 amide bonds. The maximum Gasteiger partial charge on any atom is 0.122 e. The quantitative estimate of drug-likeness (QED) is 0.775. The first-order valence-corrected chi connectivity index (χ1v) is 6.22. The molecule has 0 radical (unpaired) electrons. The van der Waals surface area contributed by atoms with E-state index in [0.717, 1.165) is 38.2 Å². The number of rotatable bonds is 4. The summed E-state index contributed by atoms with van der Waals surface area (Å²) in [6, 6.07) is 8.45. The summed E-state index contributed by atoms with van der Waals surface area (Å²) >= 11 is 0. The van der Waals surface area contributed by atoms with Crippen molar-refractivity contribution in [2.75, 3.05) is 13.2 Å². The smallest absolute Gasteiger partial charge is 0.122 e. The molecule has 2 heteroatoms. The van der Waals surface area contributed by atoms with E-state index < -0.39 is 0 Å². The fourth-order valence-electron chi connectivity index (χ4n) is 2.02. The van der Waals surface area contributed by atoms with Crippen LogP contribution in [-0.2, 0) is 11.2 Å². The zero-order chi connectivity index (χ0) is 11.2. The van der Waals surface area contributed by atoms with Crippen LogP contribution in [0.3, 0.4) is 0 Å². The van der Waals surface area contributed by atoms with Crippen molar-refractivity contribution in [1.29, 1.82) is 0 Å². The topological polar surface area (TPSA) is 18.5 Å². The van der Waals surface area contributed by atoms with Crippen LogP contribution in [0.2, 0.25) is 0 Å². The van der Waals surface area contributed by atoms with Crippen LogP contribution >= 0.6 is 0 Å². The third kappa shape index (κ3) is 3.24. The van der Waals surface area contributed by atoms with Gasteiger partial charge < -0.3 is 9.47 Å². The molecule has 0 aromatic heterocycles. The molecule has 0 saturated carbocycles. The summed E-state index contributed by atoms with van der Waals surface area (Å²) in [5.74, 6) is 0.968. The van der Waals surface area contributed by atoms with Gasteiger partial charge in [0.1, 0.15) is 11.9 Å². The van der Waals surface area contributed by atoms with E-state index in [1.165, 1.54) is 12.0 Å². The predicted molar refractivity (Wildman–Crippen MR) is 64.9 cm³/mol. The van der Waals surface area contributed by atoms with Crippen LogP contribution in [0.15, 0.2) is 24.3 Å². The van der Waals surface area contributed by atoms with E-state index in [1.54, 1.807) is 0 Å². The van der Waals surface area contributed by atoms with Gasteiger partial charge in [0, 0.05) is 6.61 Å². The molecule has 1 aliphatic rings. The van der Waals surface area contributed by atoms with Gasteiger partial charge in [-0.25, -0.2) is 0 Å². The normalized spacial score (nSPS) is 20.7. The molecule has 88 valence electrons. The third-order valence-electron chi connectivity index (χ3n) is 2.88. The molecule has 1 aromatic carbocycles. The minimum absolute atomic E-state index is 0.241. The Bertz CT molecular complexity index is 299. The molecule has 1 unspecified atom stereocenters. The van der Waals surface area contributed by atoms with Crippen LogP contribution in [0.5, 0.6) is 5.75 Å². The molecular formula is C14H20O2. The number of hydrogen-bond acceptors (Lipinski definition) is 2. The molecule has 0 spiro atoms. The number of ether oxygens (including phenoxy) is 2. The fourth-order valence-corrected chi connectivity index (χ4v) is 2.02. The van der Waals surface area contributed by atoms with Crippen LogP contribution < -0.4 is 4.74 Å². The minimum atomic E-state index is 0.241. The standard InChI is InChI=1S/C14H20O2/c1-2-4-12-6-8-13(9-7-12)16-14-5-3-10-15-11-14/h6-9,14H,2-5,10-11H2,1H3. The minimum Gasteiger partial charge on any atom is -0.488 e. The van der Waals surface area contributed by atoms with Gasteiger partial charge in [0.15, 0.2) is 0 Å². The van der Waals surface area contributed by atoms with Crippen LogP contribution in [0.1, 0.15) is 31.7 Å². The second-order valence-electron chi connectivity index (χ2n) is 4.35. The van der Waals surface area contributed by atoms with Crippen LogP contribution in [0.25, 0.3) is 0 Å². The van der Waals surface area contributed by atoms with Crippen molar-refractivity contribution in [3.8, 4) is 5.75 Å². The Morgan fingerprint density at radius 2 is 2.12 bits per heavy atom. The highest BCUT2D eigenvalue weighted by Gasteiger charge is 2.14. The molecule has 16 heavy (non-hydrogen) atoms. The summed E-state index contributed by atoms with van der Waals surface area (Å²) in [5.41, 5.74) is 1.38. The largest absolute Gasteiger partial charge is 0.488 e. The maximum atomic E-state index is 5.86. The van der Waals surface area contributed by atoms with Crippen molar-refractivity contribution in [2.24, 2.45) is 0 Å². The van der Waals surface area contributed by atoms with Gasteiger partial charge in [0.25, 0.3) is 0 Å². The van der Waals surface area contributed by atoms with Gasteiger partial charge in [-0.1, -0.05) is 25.5 Å². The van der Waals surface area contributed by atoms with Crippen molar-refractivity contribution >= 4 is 0 Å². The van der Waals surface area contributed by atoms with Gasteiger partial charge in [-0.05, 0) is 37.0 Å². The predicted octanol–water partition coefficient (Wildman–Crippen LogP) is 3.20. The molecule has 0 N–H and O–H groups in total. The lowest BCUT2D eigenvalue weighted by Gasteiger charge is -2.23. The first-order valence-electron chi connectivity index (χ1n) is 6.22. The van der Waals surface area contributed by atoms with Crippen LogP contribution in [-0.4, -0.2) is 19.3 Å². The highest BCUT2D eigenvalue weighted by Crippen LogP contribution is 2.18. The molecule has 0 aliphatic carbocycles. The molecule has 0 bridgehead atoms. The molecule has 2 nitrogen and oxygen atoms in total. The zero-order valence-electron chi connectivity index (χ0n) is 9.95. The molecule has 1 heterocycles. The first-order chi connectivity index (χ1) is 7.88. The van der Waals surface area contributed by atoms with Crippen LogP contribution in [0.4, 0.5) is 0 Å². The number of benzene rings is 1. The Kier molecular flexibility index (Phi) is 4.23. The van der Waals surface area contributed by atoms with Gasteiger partial charge in [-0.15, -0.1) is 0 Å². The van der Waals surface area contributed by atoms with Gasteiger partial charge in [0.05, 0.1) is 6.61 Å². The Hall–Kier alpha value is -1.02. The Morgan fingerprint density at radius 3 is 2.75 bits per heavy atom. The van der Waals surface area contributed by atoms with Crippen molar-refractivity contribution < 1.29 is 9.47 Å². The highest BCUT2D eigenvalue weighted by atomic mass is 16.5. The number of hydrogen-bond donors (Lipinski definition) is 0. The van der Waals surface area contributed by atoms with E-state index in [9.17, 15) is 0 Å². The lowest BCUT2D eigenvalue weighted by Crippen LogP contribution is -2.27. The fraction of sp³-hybridized carbons (Fsp3) is 0.571. The average molecular weight is 220 g/mol. The van der Waals surface area contributed by atoms with Gasteiger partial charge in [-0.3, -0.25) is 0 Å². The molecule has 1 fully saturated rings. The Balaban J connectivity index is 1.88. The van der Waals surface area contributed by atoms with E-state index in [-0.39, 0.29) is 6.10 Å². The Labute approximate surface area is 97.6 Å². The lowest BCUT2D eigenvalue weighted by molar-refractivity contribution is 0.00742. The SMILES string of the molecule is CCCc1ccc(OC2CCCOC2)cc1. The van der Waals surface area contributed by atoms with Gasteiger partial charge >= 0.3 is 0 Å². The molecular weight excluding hydrogens is 200 g/mol. The average Bonchev–Trinajstić information content (AvgIpc) is 2.33. The summed E-state index contributed by atoms with van der Waals surface area (Å²) in [7, 11) is 0. The monoisotopic (exact) mass is 220 g/mol. The van der Waals surface area contributed by atoms with E-state index in [4.69, 9.17) is 9.47 Å². The van der Waals surface area contributed by atoms with Gasteiger partial charge in [-0.2, -0.15) is 0 Å². The summed E-state index contributed by atoms with van der Waals surface area (Å²) in [4.78, 5) is 0. The molecule has 1 saturated heterocycles. The molecule has 1 aromatic rings. The van der Waals surface area contributed by atoms with Crippen molar-refractivity contribution in [3.63, 3.8) is 0 Å². The summed E-state index contributed by atoms with van der Waals surface area (Å²) in [6.07, 6.45) is 4.80. The van der Waals surface area contributed by atoms with E-state index in [0.29, 0.717) is 0 Å². The van der Waals surface area contributed by atoms with E-state index >= 15 is 0 Å². The van der Waals surface area contributed by atoms with Gasteiger partial charge in [0.2, 0.25) is 0 Å². The second kappa shape index (κ2) is 5.90. The molecule has 2 rings (SSSR count). The highest BCUT2D eigenvalue weighted by molar-refractivity contribution is 5.27. The van der Waals surface area contributed by atoms with Crippen molar-refractivity contribution in [3.05, 3.63) is 29.8 Å². The third-order valence-corrected chi connectivity index (χ3v) is 2.88. The maximum absolute atomic E-state index is 5.86. The molecule has 1 aliphatic heterocycles. The molecule has 1 atom stereocenters. The van der Waals surface area contributed by atoms with Crippen LogP contribution in [0, 0.1) is 0 Å². The first kappa shape index (κ1) is 11.5. The second-order valence-corrected chi connectivity index (χ2v) is 4.35. The van der Waals surface area contributed by atoms with E-state index in [2.05, 4.69) is 31.2 Å². The summed E-state index contributed by atoms with van der Waals surface area (Å²) in [5, 5.41) is 0. The summed E-state index contributed by atoms with van der Waals surface area (Å²) < 4.78 is 11.3. The Morgan fingerprint density at radius 1 is 1.31 bits per heavy atom. The zero-order valence-corrected chi connectivity index (χ0v) is 9.95. The summed E-state index contributed by atoms with van der Waals surface area (Å²) in [6.45, 7) is 3.82. The van der Waals surface area contributed by atoms with Crippen molar-refractivity contribution in [1.82, 2.24) is 0 Å². The van der Waals surface area contributed by atoms with E-state index in [1.807, 2.05) is 0 Å². The lowest BCUT2D eigenvalue weighted by atomic mass is 10.1. The van der Waals surface area contributed by atoms with Crippen molar-refractivity contribution in [2.45, 2.75) is 38.7 Å². The number of aryl methyl sites for hydroxylation is 1.